The van der Waals surface area contributed by atoms with Crippen molar-refractivity contribution in [3.8, 4) is 0 Å². The summed E-state index contributed by atoms with van der Waals surface area (Å²) in [6.07, 6.45) is 9.48. The first-order valence-corrected chi connectivity index (χ1v) is 6.32. The molecule has 0 radical (unpaired) electrons. The molecule has 0 aromatic carbocycles. The van der Waals surface area contributed by atoms with Crippen molar-refractivity contribution in [1.82, 2.24) is 0 Å². The van der Waals surface area contributed by atoms with Crippen LogP contribution in [0.15, 0.2) is 12.2 Å². The van der Waals surface area contributed by atoms with Crippen LogP contribution in [-0.2, 0) is 9.59 Å². The Morgan fingerprint density at radius 3 is 2.81 bits per heavy atom. The third-order valence-electron chi connectivity index (χ3n) is 3.31. The average molecular weight is 222 g/mol. The molecule has 1 aliphatic carbocycles. The van der Waals surface area contributed by atoms with E-state index in [9.17, 15) is 9.59 Å². The molecule has 16 heavy (non-hydrogen) atoms. The van der Waals surface area contributed by atoms with Gasteiger partial charge in [-0.3, -0.25) is 4.79 Å². The number of Topliss-reactive ketones (excluding diaryl/α,β-unsaturated/α-hetero) is 2. The SMILES string of the molecule is CCCC=CCC1C(=O)CCC1CC(C)=O. The fourth-order valence-electron chi connectivity index (χ4n) is 2.44. The Morgan fingerprint density at radius 1 is 1.44 bits per heavy atom. The van der Waals surface area contributed by atoms with Crippen molar-refractivity contribution in [3.63, 3.8) is 0 Å². The maximum atomic E-state index is 11.7. The Morgan fingerprint density at radius 2 is 2.19 bits per heavy atom. The van der Waals surface area contributed by atoms with E-state index in [1.165, 1.54) is 0 Å². The molecule has 1 saturated carbocycles. The van der Waals surface area contributed by atoms with Crippen molar-refractivity contribution < 1.29 is 9.59 Å². The summed E-state index contributed by atoms with van der Waals surface area (Å²) in [5, 5.41) is 0. The number of carbonyl (C=O) groups excluding carboxylic acids is 2. The number of allylic oxidation sites excluding steroid dienone is 2. The van der Waals surface area contributed by atoms with E-state index in [4.69, 9.17) is 0 Å². The standard InChI is InChI=1S/C14H22O2/c1-3-4-5-6-7-13-12(10-11(2)15)8-9-14(13)16/h5-6,12-13H,3-4,7-10H2,1-2H3. The number of unbranched alkanes of at least 4 members (excludes halogenated alkanes) is 1. The maximum Gasteiger partial charge on any atom is 0.136 e. The lowest BCUT2D eigenvalue weighted by molar-refractivity contribution is -0.121. The highest BCUT2D eigenvalue weighted by Gasteiger charge is 2.33. The van der Waals surface area contributed by atoms with E-state index >= 15 is 0 Å². The van der Waals surface area contributed by atoms with E-state index in [-0.39, 0.29) is 11.7 Å². The Balaban J connectivity index is 2.46. The number of carbonyl (C=O) groups is 2. The molecule has 0 amide bonds. The molecule has 0 aromatic rings. The van der Waals surface area contributed by atoms with Gasteiger partial charge in [0.15, 0.2) is 0 Å². The van der Waals surface area contributed by atoms with Gasteiger partial charge in [-0.15, -0.1) is 0 Å². The predicted molar refractivity (Wildman–Crippen MR) is 65.2 cm³/mol. The highest BCUT2D eigenvalue weighted by atomic mass is 16.1. The van der Waals surface area contributed by atoms with Gasteiger partial charge in [-0.2, -0.15) is 0 Å². The van der Waals surface area contributed by atoms with Gasteiger partial charge >= 0.3 is 0 Å². The molecule has 0 aromatic heterocycles. The number of rotatable bonds is 6. The van der Waals surface area contributed by atoms with Crippen molar-refractivity contribution in [2.24, 2.45) is 11.8 Å². The second-order valence-electron chi connectivity index (χ2n) is 4.77. The summed E-state index contributed by atoms with van der Waals surface area (Å²) >= 11 is 0. The van der Waals surface area contributed by atoms with Crippen LogP contribution < -0.4 is 0 Å². The first-order chi connectivity index (χ1) is 7.65. The van der Waals surface area contributed by atoms with Crippen LogP contribution in [0.2, 0.25) is 0 Å². The summed E-state index contributed by atoms with van der Waals surface area (Å²) in [7, 11) is 0. The summed E-state index contributed by atoms with van der Waals surface area (Å²) in [5.41, 5.74) is 0. The van der Waals surface area contributed by atoms with E-state index < -0.39 is 0 Å². The van der Waals surface area contributed by atoms with Gasteiger partial charge in [0.1, 0.15) is 11.6 Å². The van der Waals surface area contributed by atoms with Gasteiger partial charge in [0, 0.05) is 18.8 Å². The zero-order chi connectivity index (χ0) is 12.0. The Hall–Kier alpha value is -0.920. The normalized spacial score (nSPS) is 25.5. The van der Waals surface area contributed by atoms with Crippen molar-refractivity contribution in [2.75, 3.05) is 0 Å². The van der Waals surface area contributed by atoms with Gasteiger partial charge in [0.2, 0.25) is 0 Å². The number of hydrogen-bond donors (Lipinski definition) is 0. The molecule has 2 atom stereocenters. The van der Waals surface area contributed by atoms with Crippen LogP contribution in [0.4, 0.5) is 0 Å². The van der Waals surface area contributed by atoms with E-state index in [0.717, 1.165) is 25.7 Å². The summed E-state index contributed by atoms with van der Waals surface area (Å²) in [6.45, 7) is 3.76. The largest absolute Gasteiger partial charge is 0.300 e. The monoisotopic (exact) mass is 222 g/mol. The number of ketones is 2. The molecule has 0 heterocycles. The average Bonchev–Trinajstić information content (AvgIpc) is 2.55. The van der Waals surface area contributed by atoms with E-state index in [2.05, 4.69) is 19.1 Å². The van der Waals surface area contributed by atoms with Gasteiger partial charge in [-0.25, -0.2) is 0 Å². The number of hydrogen-bond acceptors (Lipinski definition) is 2. The lowest BCUT2D eigenvalue weighted by Crippen LogP contribution is -2.16. The predicted octanol–water partition coefficient (Wildman–Crippen LogP) is 3.31. The van der Waals surface area contributed by atoms with Crippen LogP contribution in [0.25, 0.3) is 0 Å². The fraction of sp³-hybridized carbons (Fsp3) is 0.714. The van der Waals surface area contributed by atoms with E-state index in [0.29, 0.717) is 24.5 Å². The van der Waals surface area contributed by atoms with E-state index in [1.54, 1.807) is 6.92 Å². The van der Waals surface area contributed by atoms with Gasteiger partial charge in [-0.05, 0) is 32.1 Å². The van der Waals surface area contributed by atoms with Crippen molar-refractivity contribution in [2.45, 2.75) is 52.4 Å². The van der Waals surface area contributed by atoms with E-state index in [1.807, 2.05) is 0 Å². The lowest BCUT2D eigenvalue weighted by atomic mass is 9.88. The molecule has 0 N–H and O–H groups in total. The maximum absolute atomic E-state index is 11.7. The Kier molecular flexibility index (Phi) is 5.44. The molecule has 0 spiro atoms. The minimum atomic E-state index is 0.108. The fourth-order valence-corrected chi connectivity index (χ4v) is 2.44. The van der Waals surface area contributed by atoms with Gasteiger partial charge in [0.05, 0.1) is 0 Å². The molecule has 2 heteroatoms. The first kappa shape index (κ1) is 13.1. The Labute approximate surface area is 98.1 Å². The molecule has 90 valence electrons. The second-order valence-corrected chi connectivity index (χ2v) is 4.77. The molecule has 0 bridgehead atoms. The second kappa shape index (κ2) is 6.62. The summed E-state index contributed by atoms with van der Waals surface area (Å²) in [4.78, 5) is 22.8. The van der Waals surface area contributed by atoms with Gasteiger partial charge in [-0.1, -0.05) is 25.5 Å². The van der Waals surface area contributed by atoms with Gasteiger partial charge < -0.3 is 4.79 Å². The molecule has 2 nitrogen and oxygen atoms in total. The van der Waals surface area contributed by atoms with Crippen molar-refractivity contribution >= 4 is 11.6 Å². The summed E-state index contributed by atoms with van der Waals surface area (Å²) < 4.78 is 0. The molecular formula is C14H22O2. The third-order valence-corrected chi connectivity index (χ3v) is 3.31. The van der Waals surface area contributed by atoms with Crippen molar-refractivity contribution in [3.05, 3.63) is 12.2 Å². The van der Waals surface area contributed by atoms with Crippen molar-refractivity contribution in [1.29, 1.82) is 0 Å². The van der Waals surface area contributed by atoms with Crippen LogP contribution in [0.5, 0.6) is 0 Å². The van der Waals surface area contributed by atoms with Crippen LogP contribution in [-0.4, -0.2) is 11.6 Å². The van der Waals surface area contributed by atoms with Crippen LogP contribution in [0, 0.1) is 11.8 Å². The Bertz CT molecular complexity index is 278. The molecular weight excluding hydrogens is 200 g/mol. The summed E-state index contributed by atoms with van der Waals surface area (Å²) in [6, 6.07) is 0. The molecule has 0 saturated heterocycles. The summed E-state index contributed by atoms with van der Waals surface area (Å²) in [5.74, 6) is 0.975. The van der Waals surface area contributed by atoms with Crippen LogP contribution in [0.1, 0.15) is 52.4 Å². The third kappa shape index (κ3) is 3.92. The lowest BCUT2D eigenvalue weighted by Gasteiger charge is -2.14. The zero-order valence-electron chi connectivity index (χ0n) is 10.4. The quantitative estimate of drug-likeness (QED) is 0.646. The first-order valence-electron chi connectivity index (χ1n) is 6.32. The topological polar surface area (TPSA) is 34.1 Å². The highest BCUT2D eigenvalue weighted by molar-refractivity contribution is 5.85. The highest BCUT2D eigenvalue weighted by Crippen LogP contribution is 2.34. The molecule has 1 rings (SSSR count). The molecule has 0 aliphatic heterocycles. The smallest absolute Gasteiger partial charge is 0.136 e. The minimum absolute atomic E-state index is 0.108. The van der Waals surface area contributed by atoms with Gasteiger partial charge in [0.25, 0.3) is 0 Å². The van der Waals surface area contributed by atoms with Crippen LogP contribution >= 0.6 is 0 Å². The minimum Gasteiger partial charge on any atom is -0.300 e. The molecule has 1 fully saturated rings. The van der Waals surface area contributed by atoms with Crippen LogP contribution in [0.3, 0.4) is 0 Å². The molecule has 2 unspecified atom stereocenters. The molecule has 1 aliphatic rings. The zero-order valence-corrected chi connectivity index (χ0v) is 10.4.